The maximum atomic E-state index is 11.6. The monoisotopic (exact) mass is 295 g/mol. The van der Waals surface area contributed by atoms with Crippen LogP contribution in [-0.2, 0) is 9.59 Å². The van der Waals surface area contributed by atoms with Gasteiger partial charge in [0.05, 0.1) is 0 Å². The van der Waals surface area contributed by atoms with E-state index in [1.54, 1.807) is 5.38 Å². The van der Waals surface area contributed by atoms with Gasteiger partial charge in [0.15, 0.2) is 10.9 Å². The second-order valence-corrected chi connectivity index (χ2v) is 5.86. The number of amides is 2. The van der Waals surface area contributed by atoms with Crippen LogP contribution < -0.4 is 10.6 Å². The standard InChI is InChI=1S/C13H17N3O3S/c1-7-5-9(7)12(19)14-4-3-11(18)16-13-15-10(6-20-13)8(2)17/h6-7,9H,3-5H2,1-2H3,(H,14,19)(H,15,16,18)/t7-,9-/m1/s1. The lowest BCUT2D eigenvalue weighted by atomic mass is 10.3. The van der Waals surface area contributed by atoms with E-state index < -0.39 is 0 Å². The molecule has 7 heteroatoms. The summed E-state index contributed by atoms with van der Waals surface area (Å²) in [5, 5.41) is 7.36. The first-order valence-corrected chi connectivity index (χ1v) is 7.39. The molecule has 2 amide bonds. The molecule has 2 rings (SSSR count). The van der Waals surface area contributed by atoms with Crippen LogP contribution in [0, 0.1) is 11.8 Å². The molecule has 20 heavy (non-hydrogen) atoms. The first kappa shape index (κ1) is 14.6. The Morgan fingerprint density at radius 3 is 2.70 bits per heavy atom. The number of anilines is 1. The van der Waals surface area contributed by atoms with Crippen LogP contribution in [0.25, 0.3) is 0 Å². The molecule has 1 heterocycles. The zero-order valence-corrected chi connectivity index (χ0v) is 12.3. The molecule has 1 fully saturated rings. The van der Waals surface area contributed by atoms with Crippen molar-refractivity contribution in [2.45, 2.75) is 26.7 Å². The van der Waals surface area contributed by atoms with E-state index in [0.717, 1.165) is 6.42 Å². The molecular formula is C13H17N3O3S. The highest BCUT2D eigenvalue weighted by Crippen LogP contribution is 2.37. The quantitative estimate of drug-likeness (QED) is 0.777. The van der Waals surface area contributed by atoms with E-state index in [-0.39, 0.29) is 29.9 Å². The lowest BCUT2D eigenvalue weighted by Crippen LogP contribution is -2.29. The van der Waals surface area contributed by atoms with Crippen molar-refractivity contribution < 1.29 is 14.4 Å². The minimum Gasteiger partial charge on any atom is -0.355 e. The van der Waals surface area contributed by atoms with Gasteiger partial charge in [-0.25, -0.2) is 4.98 Å². The summed E-state index contributed by atoms with van der Waals surface area (Å²) >= 11 is 1.21. The van der Waals surface area contributed by atoms with E-state index >= 15 is 0 Å². The van der Waals surface area contributed by atoms with Crippen molar-refractivity contribution in [3.8, 4) is 0 Å². The van der Waals surface area contributed by atoms with E-state index in [0.29, 0.717) is 23.3 Å². The molecule has 0 aromatic carbocycles. The second kappa shape index (κ2) is 6.13. The first-order chi connectivity index (χ1) is 9.47. The molecule has 1 aromatic rings. The summed E-state index contributed by atoms with van der Waals surface area (Å²) < 4.78 is 0. The molecule has 0 bridgehead atoms. The Bertz CT molecular complexity index is 541. The van der Waals surface area contributed by atoms with Crippen molar-refractivity contribution in [3.63, 3.8) is 0 Å². The van der Waals surface area contributed by atoms with Crippen LogP contribution in [0.4, 0.5) is 5.13 Å². The van der Waals surface area contributed by atoms with Crippen LogP contribution in [0.3, 0.4) is 0 Å². The van der Waals surface area contributed by atoms with E-state index in [4.69, 9.17) is 0 Å². The van der Waals surface area contributed by atoms with E-state index in [9.17, 15) is 14.4 Å². The van der Waals surface area contributed by atoms with Gasteiger partial charge < -0.3 is 10.6 Å². The van der Waals surface area contributed by atoms with Crippen LogP contribution in [0.15, 0.2) is 5.38 Å². The molecule has 0 radical (unpaired) electrons. The van der Waals surface area contributed by atoms with Gasteiger partial charge in [-0.3, -0.25) is 14.4 Å². The van der Waals surface area contributed by atoms with Crippen LogP contribution in [-0.4, -0.2) is 29.1 Å². The van der Waals surface area contributed by atoms with Crippen molar-refractivity contribution >= 4 is 34.1 Å². The predicted octanol–water partition coefficient (Wildman–Crippen LogP) is 1.45. The number of ketones is 1. The number of hydrogen-bond donors (Lipinski definition) is 2. The van der Waals surface area contributed by atoms with Crippen molar-refractivity contribution in [3.05, 3.63) is 11.1 Å². The van der Waals surface area contributed by atoms with E-state index in [2.05, 4.69) is 15.6 Å². The van der Waals surface area contributed by atoms with Gasteiger partial charge in [0.25, 0.3) is 0 Å². The third-order valence-electron chi connectivity index (χ3n) is 3.21. The normalized spacial score (nSPS) is 20.3. The average Bonchev–Trinajstić information content (AvgIpc) is 2.92. The number of Topliss-reactive ketones (excluding diaryl/α,β-unsaturated/α-hetero) is 1. The summed E-state index contributed by atoms with van der Waals surface area (Å²) in [5.41, 5.74) is 0.348. The molecule has 0 aliphatic heterocycles. The van der Waals surface area contributed by atoms with Crippen LogP contribution >= 0.6 is 11.3 Å². The Morgan fingerprint density at radius 1 is 1.45 bits per heavy atom. The van der Waals surface area contributed by atoms with Gasteiger partial charge in [-0.1, -0.05) is 6.92 Å². The maximum absolute atomic E-state index is 11.6. The molecule has 6 nitrogen and oxygen atoms in total. The zero-order chi connectivity index (χ0) is 14.7. The zero-order valence-electron chi connectivity index (χ0n) is 11.4. The van der Waals surface area contributed by atoms with Crippen molar-refractivity contribution in [2.24, 2.45) is 11.8 Å². The Kier molecular flexibility index (Phi) is 4.49. The predicted molar refractivity (Wildman–Crippen MR) is 75.6 cm³/mol. The summed E-state index contributed by atoms with van der Waals surface area (Å²) in [4.78, 5) is 38.2. The Balaban J connectivity index is 1.69. The smallest absolute Gasteiger partial charge is 0.227 e. The number of aromatic nitrogens is 1. The van der Waals surface area contributed by atoms with Gasteiger partial charge in [0.2, 0.25) is 11.8 Å². The van der Waals surface area contributed by atoms with Crippen LogP contribution in [0.2, 0.25) is 0 Å². The van der Waals surface area contributed by atoms with Crippen molar-refractivity contribution in [2.75, 3.05) is 11.9 Å². The molecule has 1 saturated carbocycles. The maximum Gasteiger partial charge on any atom is 0.227 e. The van der Waals surface area contributed by atoms with Crippen molar-refractivity contribution in [1.82, 2.24) is 10.3 Å². The number of thiazole rings is 1. The highest BCUT2D eigenvalue weighted by atomic mass is 32.1. The van der Waals surface area contributed by atoms with Gasteiger partial charge in [0.1, 0.15) is 5.69 Å². The summed E-state index contributed by atoms with van der Waals surface area (Å²) in [6.07, 6.45) is 1.13. The molecule has 1 aliphatic carbocycles. The minimum absolute atomic E-state index is 0.0263. The SMILES string of the molecule is CC(=O)c1csc(NC(=O)CCNC(=O)[C@@H]2C[C@H]2C)n1. The highest BCUT2D eigenvalue weighted by Gasteiger charge is 2.38. The number of rotatable bonds is 6. The van der Waals surface area contributed by atoms with Crippen molar-refractivity contribution in [1.29, 1.82) is 0 Å². The molecule has 0 saturated heterocycles. The fourth-order valence-corrected chi connectivity index (χ4v) is 2.56. The molecule has 108 valence electrons. The number of carbonyl (C=O) groups is 3. The van der Waals surface area contributed by atoms with Gasteiger partial charge in [-0.05, 0) is 12.3 Å². The van der Waals surface area contributed by atoms with Crippen LogP contribution in [0.1, 0.15) is 37.2 Å². The molecule has 1 aliphatic rings. The van der Waals surface area contributed by atoms with Gasteiger partial charge in [0, 0.05) is 31.2 Å². The number of nitrogens with zero attached hydrogens (tertiary/aromatic N) is 1. The second-order valence-electron chi connectivity index (χ2n) is 5.00. The van der Waals surface area contributed by atoms with Gasteiger partial charge >= 0.3 is 0 Å². The van der Waals surface area contributed by atoms with Gasteiger partial charge in [-0.15, -0.1) is 11.3 Å². The topological polar surface area (TPSA) is 88.2 Å². The molecule has 0 spiro atoms. The Morgan fingerprint density at radius 2 is 2.15 bits per heavy atom. The molecule has 2 N–H and O–H groups in total. The fourth-order valence-electron chi connectivity index (χ4n) is 1.79. The van der Waals surface area contributed by atoms with E-state index in [1.165, 1.54) is 18.3 Å². The Labute approximate surface area is 121 Å². The summed E-state index contributed by atoms with van der Waals surface area (Å²) in [6.45, 7) is 3.78. The first-order valence-electron chi connectivity index (χ1n) is 6.51. The number of hydrogen-bond acceptors (Lipinski definition) is 5. The highest BCUT2D eigenvalue weighted by molar-refractivity contribution is 7.14. The largest absolute Gasteiger partial charge is 0.355 e. The lowest BCUT2D eigenvalue weighted by Gasteiger charge is -2.04. The minimum atomic E-state index is -0.224. The molecule has 1 aromatic heterocycles. The van der Waals surface area contributed by atoms with Crippen LogP contribution in [0.5, 0.6) is 0 Å². The number of carbonyl (C=O) groups excluding carboxylic acids is 3. The third-order valence-corrected chi connectivity index (χ3v) is 3.97. The Hall–Kier alpha value is -1.76. The summed E-state index contributed by atoms with van der Waals surface area (Å²) in [6, 6.07) is 0. The molecular weight excluding hydrogens is 278 g/mol. The summed E-state index contributed by atoms with van der Waals surface area (Å²) in [7, 11) is 0. The number of nitrogens with one attached hydrogen (secondary N) is 2. The fraction of sp³-hybridized carbons (Fsp3) is 0.538. The third kappa shape index (κ3) is 3.86. The molecule has 2 atom stereocenters. The van der Waals surface area contributed by atoms with E-state index in [1.807, 2.05) is 6.92 Å². The summed E-state index contributed by atoms with van der Waals surface area (Å²) in [5.74, 6) is 0.254. The van der Waals surface area contributed by atoms with Gasteiger partial charge in [-0.2, -0.15) is 0 Å². The average molecular weight is 295 g/mol. The lowest BCUT2D eigenvalue weighted by molar-refractivity contribution is -0.122. The molecule has 0 unspecified atom stereocenters.